The molecule has 3 rings (SSSR count). The minimum atomic E-state index is -3.32. The zero-order valence-corrected chi connectivity index (χ0v) is 16.1. The van der Waals surface area contributed by atoms with Crippen molar-refractivity contribution in [1.29, 1.82) is 0 Å². The predicted molar refractivity (Wildman–Crippen MR) is 105 cm³/mol. The number of fused-ring (bicyclic) bond motifs is 1. The summed E-state index contributed by atoms with van der Waals surface area (Å²) < 4.78 is 36.7. The smallest absolute Gasteiger partial charge is 0.224 e. The number of anilines is 1. The Morgan fingerprint density at radius 3 is 3.07 bits per heavy atom. The Morgan fingerprint density at radius 1 is 1.48 bits per heavy atom. The van der Waals surface area contributed by atoms with E-state index in [9.17, 15) is 13.9 Å². The lowest BCUT2D eigenvalue weighted by atomic mass is 9.98. The number of nitrogens with one attached hydrogen (secondary N) is 1. The Kier molecular flexibility index (Phi) is 6.10. The number of nitrogens with zero attached hydrogens (tertiary/aromatic N) is 2. The fourth-order valence-corrected chi connectivity index (χ4v) is 4.21. The van der Waals surface area contributed by atoms with E-state index < -0.39 is 11.0 Å². The van der Waals surface area contributed by atoms with Crippen LogP contribution in [0.2, 0.25) is 0 Å². The quantitative estimate of drug-likeness (QED) is 0.577. The molecule has 0 aliphatic carbocycles. The molecular weight excluding hydrogens is 372 g/mol. The average molecular weight is 398 g/mol. The van der Waals surface area contributed by atoms with Crippen LogP contribution in [0.3, 0.4) is 0 Å². The summed E-state index contributed by atoms with van der Waals surface area (Å²) in [5, 5.41) is 0. The second kappa shape index (κ2) is 8.34. The number of methoxy groups -OCH3 is 1. The number of hydrogen-bond acceptors (Lipinski definition) is 8. The van der Waals surface area contributed by atoms with Gasteiger partial charge in [0, 0.05) is 26.1 Å². The van der Waals surface area contributed by atoms with Crippen LogP contribution in [-0.2, 0) is 9.53 Å². The van der Waals surface area contributed by atoms with Gasteiger partial charge in [-0.1, -0.05) is 6.07 Å². The predicted octanol–water partition coefficient (Wildman–Crippen LogP) is 2.05. The fourth-order valence-electron chi connectivity index (χ4n) is 3.34. The van der Waals surface area contributed by atoms with Gasteiger partial charge in [0.25, 0.3) is 0 Å². The standard InChI is InChI=1S/C17H26N4O5S/c1-25-9-7-15(22)21-8-3-4-12(10-21)11-26-14-6-2-5-13-16(14)17(18)20-27(23,24)19-13/h2,5-6,12,19,23-24H,3-4,7-11H2,1H3,(H2,18,20). The van der Waals surface area contributed by atoms with E-state index in [1.807, 2.05) is 4.90 Å². The van der Waals surface area contributed by atoms with E-state index in [0.29, 0.717) is 43.2 Å². The summed E-state index contributed by atoms with van der Waals surface area (Å²) in [5.41, 5.74) is 6.90. The number of nitrogens with two attached hydrogens (primary N) is 1. The largest absolute Gasteiger partial charge is 0.492 e. The molecule has 2 aliphatic heterocycles. The van der Waals surface area contributed by atoms with E-state index in [4.69, 9.17) is 15.2 Å². The van der Waals surface area contributed by atoms with E-state index in [0.717, 1.165) is 19.4 Å². The fraction of sp³-hybridized carbons (Fsp3) is 0.529. The number of carbonyl (C=O) groups excluding carboxylic acids is 1. The van der Waals surface area contributed by atoms with Crippen LogP contribution in [0.1, 0.15) is 24.8 Å². The number of likely N-dealkylation sites (tertiary alicyclic amines) is 1. The highest BCUT2D eigenvalue weighted by Crippen LogP contribution is 2.46. The second-order valence-corrected chi connectivity index (χ2v) is 8.10. The molecule has 1 unspecified atom stereocenters. The maximum Gasteiger partial charge on any atom is 0.224 e. The van der Waals surface area contributed by atoms with E-state index >= 15 is 0 Å². The summed E-state index contributed by atoms with van der Waals surface area (Å²) in [6.45, 7) is 2.28. The summed E-state index contributed by atoms with van der Waals surface area (Å²) in [7, 11) is -1.73. The van der Waals surface area contributed by atoms with E-state index in [-0.39, 0.29) is 17.7 Å². The maximum atomic E-state index is 12.2. The van der Waals surface area contributed by atoms with Gasteiger partial charge in [0.2, 0.25) is 5.91 Å². The molecule has 1 aromatic carbocycles. The lowest BCUT2D eigenvalue weighted by Crippen LogP contribution is -2.42. The average Bonchev–Trinajstić information content (AvgIpc) is 2.63. The highest BCUT2D eigenvalue weighted by atomic mass is 32.3. The lowest BCUT2D eigenvalue weighted by molar-refractivity contribution is -0.134. The van der Waals surface area contributed by atoms with Crippen molar-refractivity contribution in [2.75, 3.05) is 38.1 Å². The Morgan fingerprint density at radius 2 is 2.30 bits per heavy atom. The number of hydrogen-bond donors (Lipinski definition) is 4. The highest BCUT2D eigenvalue weighted by molar-refractivity contribution is 8.24. The Balaban J connectivity index is 1.63. The number of rotatable bonds is 6. The van der Waals surface area contributed by atoms with Crippen molar-refractivity contribution in [2.24, 2.45) is 16.0 Å². The lowest BCUT2D eigenvalue weighted by Gasteiger charge is -2.34. The summed E-state index contributed by atoms with van der Waals surface area (Å²) in [6.07, 6.45) is 2.30. The molecule has 0 spiro atoms. The molecule has 0 radical (unpaired) electrons. The van der Waals surface area contributed by atoms with Crippen molar-refractivity contribution in [3.8, 4) is 5.75 Å². The van der Waals surface area contributed by atoms with Gasteiger partial charge in [0.05, 0.1) is 30.9 Å². The normalized spacial score (nSPS) is 22.3. The molecule has 1 atom stereocenters. The molecule has 27 heavy (non-hydrogen) atoms. The van der Waals surface area contributed by atoms with Gasteiger partial charge in [-0.25, -0.2) is 0 Å². The number of amidine groups is 1. The third-order valence-electron chi connectivity index (χ3n) is 4.62. The first kappa shape index (κ1) is 19.7. The van der Waals surface area contributed by atoms with Gasteiger partial charge in [-0.05, 0) is 35.9 Å². The van der Waals surface area contributed by atoms with Gasteiger partial charge >= 0.3 is 0 Å². The van der Waals surface area contributed by atoms with Crippen LogP contribution in [0.4, 0.5) is 5.69 Å². The van der Waals surface area contributed by atoms with Crippen molar-refractivity contribution in [3.05, 3.63) is 23.8 Å². The first-order chi connectivity index (χ1) is 12.9. The number of piperidine rings is 1. The highest BCUT2D eigenvalue weighted by Gasteiger charge is 2.27. The summed E-state index contributed by atoms with van der Waals surface area (Å²) in [6, 6.07) is 5.20. The zero-order valence-electron chi connectivity index (χ0n) is 15.3. The van der Waals surface area contributed by atoms with Gasteiger partial charge < -0.3 is 20.1 Å². The molecule has 10 heteroatoms. The summed E-state index contributed by atoms with van der Waals surface area (Å²) >= 11 is 0. The van der Waals surface area contributed by atoms with E-state index in [2.05, 4.69) is 9.12 Å². The van der Waals surface area contributed by atoms with Crippen LogP contribution in [-0.4, -0.2) is 59.2 Å². The van der Waals surface area contributed by atoms with E-state index in [1.54, 1.807) is 25.3 Å². The van der Waals surface area contributed by atoms with Crippen LogP contribution < -0.4 is 15.2 Å². The van der Waals surface area contributed by atoms with Crippen molar-refractivity contribution >= 4 is 28.4 Å². The molecule has 0 aromatic heterocycles. The number of carbonyl (C=O) groups is 1. The van der Waals surface area contributed by atoms with Crippen LogP contribution in [0.15, 0.2) is 22.6 Å². The van der Waals surface area contributed by atoms with Gasteiger partial charge in [0.1, 0.15) is 5.75 Å². The molecular formula is C17H26N4O5S. The van der Waals surface area contributed by atoms with Crippen molar-refractivity contribution < 1.29 is 23.4 Å². The molecule has 5 N–H and O–H groups in total. The summed E-state index contributed by atoms with van der Waals surface area (Å²) in [5.74, 6) is 0.874. The third kappa shape index (κ3) is 4.83. The molecule has 0 saturated carbocycles. The maximum absolute atomic E-state index is 12.2. The Labute approximate surface area is 160 Å². The molecule has 1 saturated heterocycles. The number of amides is 1. The Bertz CT molecular complexity index is 727. The molecule has 1 aromatic rings. The monoisotopic (exact) mass is 398 g/mol. The van der Waals surface area contributed by atoms with E-state index in [1.165, 1.54) is 0 Å². The van der Waals surface area contributed by atoms with Crippen LogP contribution in [0.5, 0.6) is 5.75 Å². The van der Waals surface area contributed by atoms with Crippen molar-refractivity contribution in [2.45, 2.75) is 19.3 Å². The number of benzene rings is 1. The van der Waals surface area contributed by atoms with Gasteiger partial charge in [0.15, 0.2) is 5.84 Å². The molecule has 1 amide bonds. The molecule has 0 bridgehead atoms. The van der Waals surface area contributed by atoms with Crippen molar-refractivity contribution in [1.82, 2.24) is 4.90 Å². The van der Waals surface area contributed by atoms with Gasteiger partial charge in [-0.2, -0.15) is 0 Å². The molecule has 9 nitrogen and oxygen atoms in total. The topological polar surface area (TPSA) is 130 Å². The van der Waals surface area contributed by atoms with Crippen LogP contribution in [0, 0.1) is 5.92 Å². The van der Waals surface area contributed by atoms with Gasteiger partial charge in [-0.3, -0.25) is 18.6 Å². The number of ether oxygens (including phenoxy) is 2. The zero-order chi connectivity index (χ0) is 19.4. The first-order valence-corrected chi connectivity index (χ1v) is 10.3. The van der Waals surface area contributed by atoms with Crippen molar-refractivity contribution in [3.63, 3.8) is 0 Å². The summed E-state index contributed by atoms with van der Waals surface area (Å²) in [4.78, 5) is 14.1. The first-order valence-electron chi connectivity index (χ1n) is 8.84. The molecule has 2 aliphatic rings. The minimum absolute atomic E-state index is 0.0272. The second-order valence-electron chi connectivity index (χ2n) is 6.68. The SMILES string of the molecule is COCCC(=O)N1CCCC(COc2cccc3c2C(N)=NS(O)(O)N3)C1. The minimum Gasteiger partial charge on any atom is -0.492 e. The Hall–Kier alpha value is -2.01. The third-order valence-corrected chi connectivity index (χ3v) is 5.57. The van der Waals surface area contributed by atoms with Crippen LogP contribution in [0.25, 0.3) is 0 Å². The van der Waals surface area contributed by atoms with Crippen LogP contribution >= 0.6 is 11.0 Å². The molecule has 150 valence electrons. The molecule has 2 heterocycles. The van der Waals surface area contributed by atoms with Gasteiger partial charge in [-0.15, -0.1) is 4.40 Å². The molecule has 1 fully saturated rings.